The zero-order valence-corrected chi connectivity index (χ0v) is 11.5. The van der Waals surface area contributed by atoms with Gasteiger partial charge >= 0.3 is 0 Å². The molecule has 0 aliphatic carbocycles. The highest BCUT2D eigenvalue weighted by atomic mass is 79.9. The molecule has 1 heterocycles. The number of halogens is 1. The molecule has 4 N–H and O–H groups in total. The van der Waals surface area contributed by atoms with E-state index in [1.165, 1.54) is 0 Å². The van der Waals surface area contributed by atoms with E-state index in [9.17, 15) is 4.79 Å². The first kappa shape index (κ1) is 13.8. The smallest absolute Gasteiger partial charge is 0.239 e. The van der Waals surface area contributed by atoms with Crippen LogP contribution in [0.4, 0.5) is 11.4 Å². The average molecular weight is 301 g/mol. The molecular formula is C11H17BrN4O. The second-order valence-corrected chi connectivity index (χ2v) is 4.99. The number of amides is 1. The van der Waals surface area contributed by atoms with E-state index in [-0.39, 0.29) is 12.5 Å². The number of nitrogens with one attached hydrogen (secondary N) is 2. The highest BCUT2D eigenvalue weighted by Crippen LogP contribution is 2.26. The fourth-order valence-electron chi connectivity index (χ4n) is 1.19. The van der Waals surface area contributed by atoms with Crippen molar-refractivity contribution in [3.05, 3.63) is 16.9 Å². The number of carbonyl (C=O) groups excluding carboxylic acids is 1. The van der Waals surface area contributed by atoms with Gasteiger partial charge in [0.2, 0.25) is 5.91 Å². The third-order valence-corrected chi connectivity index (χ3v) is 2.66. The number of aromatic nitrogens is 1. The molecule has 0 atom stereocenters. The van der Waals surface area contributed by atoms with E-state index in [1.54, 1.807) is 12.4 Å². The van der Waals surface area contributed by atoms with Crippen LogP contribution in [0.3, 0.4) is 0 Å². The Morgan fingerprint density at radius 3 is 2.82 bits per heavy atom. The monoisotopic (exact) mass is 300 g/mol. The van der Waals surface area contributed by atoms with Crippen LogP contribution in [0.1, 0.15) is 13.8 Å². The first-order valence-corrected chi connectivity index (χ1v) is 6.19. The van der Waals surface area contributed by atoms with Crippen molar-refractivity contribution in [2.45, 2.75) is 13.8 Å². The minimum Gasteiger partial charge on any atom is -0.396 e. The van der Waals surface area contributed by atoms with Crippen molar-refractivity contribution in [2.75, 3.05) is 24.1 Å². The Kier molecular flexibility index (Phi) is 5.21. The van der Waals surface area contributed by atoms with Crippen LogP contribution in [0.15, 0.2) is 16.9 Å². The predicted octanol–water partition coefficient (Wildman–Crippen LogP) is 1.61. The van der Waals surface area contributed by atoms with Crippen LogP contribution in [-0.4, -0.2) is 24.0 Å². The van der Waals surface area contributed by atoms with Crippen LogP contribution in [-0.2, 0) is 4.79 Å². The highest BCUT2D eigenvalue weighted by molar-refractivity contribution is 9.10. The number of anilines is 2. The lowest BCUT2D eigenvalue weighted by molar-refractivity contribution is -0.119. The van der Waals surface area contributed by atoms with E-state index in [4.69, 9.17) is 5.73 Å². The SMILES string of the molecule is CC(C)CNC(=O)CNc1c(N)cncc1Br. The lowest BCUT2D eigenvalue weighted by Gasteiger charge is -2.11. The molecule has 0 saturated carbocycles. The van der Waals surface area contributed by atoms with Crippen LogP contribution < -0.4 is 16.4 Å². The number of carbonyl (C=O) groups is 1. The van der Waals surface area contributed by atoms with E-state index >= 15 is 0 Å². The molecule has 1 aromatic heterocycles. The number of hydrogen-bond donors (Lipinski definition) is 3. The van der Waals surface area contributed by atoms with Gasteiger partial charge in [0.25, 0.3) is 0 Å². The molecule has 1 rings (SSSR count). The number of pyridine rings is 1. The predicted molar refractivity (Wildman–Crippen MR) is 72.7 cm³/mol. The molecule has 0 aromatic carbocycles. The molecule has 0 aliphatic heterocycles. The van der Waals surface area contributed by atoms with Gasteiger partial charge < -0.3 is 16.4 Å². The fourth-order valence-corrected chi connectivity index (χ4v) is 1.67. The maximum Gasteiger partial charge on any atom is 0.239 e. The van der Waals surface area contributed by atoms with Gasteiger partial charge in [0.1, 0.15) is 0 Å². The summed E-state index contributed by atoms with van der Waals surface area (Å²) in [5, 5.41) is 5.80. The van der Waals surface area contributed by atoms with E-state index in [1.807, 2.05) is 13.8 Å². The van der Waals surface area contributed by atoms with Gasteiger partial charge in [-0.15, -0.1) is 0 Å². The zero-order valence-electron chi connectivity index (χ0n) is 9.96. The Bertz CT molecular complexity index is 375. The molecule has 0 spiro atoms. The summed E-state index contributed by atoms with van der Waals surface area (Å²) < 4.78 is 0.745. The summed E-state index contributed by atoms with van der Waals surface area (Å²) in [5.74, 6) is 0.387. The summed E-state index contributed by atoms with van der Waals surface area (Å²) in [4.78, 5) is 15.4. The third kappa shape index (κ3) is 4.60. The molecule has 0 fully saturated rings. The second kappa shape index (κ2) is 6.44. The van der Waals surface area contributed by atoms with Crippen molar-refractivity contribution in [2.24, 2.45) is 5.92 Å². The van der Waals surface area contributed by atoms with Crippen molar-refractivity contribution in [1.29, 1.82) is 0 Å². The van der Waals surface area contributed by atoms with E-state index in [0.29, 0.717) is 23.8 Å². The summed E-state index contributed by atoms with van der Waals surface area (Å²) in [6, 6.07) is 0. The third-order valence-electron chi connectivity index (χ3n) is 2.06. The normalized spacial score (nSPS) is 10.4. The van der Waals surface area contributed by atoms with Crippen molar-refractivity contribution in [3.63, 3.8) is 0 Å². The van der Waals surface area contributed by atoms with Crippen LogP contribution >= 0.6 is 15.9 Å². The van der Waals surface area contributed by atoms with Crippen LogP contribution in [0.25, 0.3) is 0 Å². The highest BCUT2D eigenvalue weighted by Gasteiger charge is 2.07. The number of rotatable bonds is 5. The van der Waals surface area contributed by atoms with Gasteiger partial charge in [-0.2, -0.15) is 0 Å². The first-order valence-electron chi connectivity index (χ1n) is 5.40. The Hall–Kier alpha value is -1.30. The molecule has 0 saturated heterocycles. The summed E-state index contributed by atoms with van der Waals surface area (Å²) in [7, 11) is 0. The van der Waals surface area contributed by atoms with Crippen LogP contribution in [0, 0.1) is 5.92 Å². The average Bonchev–Trinajstić information content (AvgIpc) is 2.25. The lowest BCUT2D eigenvalue weighted by Crippen LogP contribution is -2.32. The van der Waals surface area contributed by atoms with Crippen molar-refractivity contribution >= 4 is 33.2 Å². The molecule has 0 radical (unpaired) electrons. The van der Waals surface area contributed by atoms with E-state index < -0.39 is 0 Å². The van der Waals surface area contributed by atoms with Crippen LogP contribution in [0.5, 0.6) is 0 Å². The lowest BCUT2D eigenvalue weighted by atomic mass is 10.2. The minimum absolute atomic E-state index is 0.0539. The molecule has 1 aromatic rings. The molecule has 94 valence electrons. The van der Waals surface area contributed by atoms with Gasteiger partial charge in [0.05, 0.1) is 28.6 Å². The Morgan fingerprint density at radius 2 is 2.24 bits per heavy atom. The minimum atomic E-state index is -0.0539. The van der Waals surface area contributed by atoms with Gasteiger partial charge in [0.15, 0.2) is 0 Å². The molecule has 0 unspecified atom stereocenters. The van der Waals surface area contributed by atoms with E-state index in [2.05, 4.69) is 31.5 Å². The topological polar surface area (TPSA) is 80.0 Å². The first-order chi connectivity index (χ1) is 8.00. The van der Waals surface area contributed by atoms with Gasteiger partial charge in [0, 0.05) is 12.7 Å². The maximum absolute atomic E-state index is 11.5. The van der Waals surface area contributed by atoms with Gasteiger partial charge in [-0.1, -0.05) is 13.8 Å². The van der Waals surface area contributed by atoms with Crippen molar-refractivity contribution < 1.29 is 4.79 Å². The molecular weight excluding hydrogens is 284 g/mol. The number of nitrogen functional groups attached to an aromatic ring is 1. The Balaban J connectivity index is 2.47. The molecule has 0 aliphatic rings. The van der Waals surface area contributed by atoms with Crippen molar-refractivity contribution in [3.8, 4) is 0 Å². The molecule has 1 amide bonds. The van der Waals surface area contributed by atoms with Crippen LogP contribution in [0.2, 0.25) is 0 Å². The van der Waals surface area contributed by atoms with Gasteiger partial charge in [-0.05, 0) is 21.8 Å². The number of nitrogens with zero attached hydrogens (tertiary/aromatic N) is 1. The van der Waals surface area contributed by atoms with Gasteiger partial charge in [-0.3, -0.25) is 9.78 Å². The standard InChI is InChI=1S/C11H17BrN4O/c1-7(2)3-15-10(17)6-16-11-8(12)4-14-5-9(11)13/h4-5,7H,3,6,13H2,1-2H3,(H,14,16)(H,15,17). The molecule has 0 bridgehead atoms. The molecule has 6 heteroatoms. The molecule has 5 nitrogen and oxygen atoms in total. The second-order valence-electron chi connectivity index (χ2n) is 4.14. The summed E-state index contributed by atoms with van der Waals surface area (Å²) >= 11 is 3.32. The van der Waals surface area contributed by atoms with E-state index in [0.717, 1.165) is 4.47 Å². The summed E-state index contributed by atoms with van der Waals surface area (Å²) in [6.07, 6.45) is 3.17. The quantitative estimate of drug-likeness (QED) is 0.772. The Morgan fingerprint density at radius 1 is 1.53 bits per heavy atom. The number of nitrogens with two attached hydrogens (primary N) is 1. The van der Waals surface area contributed by atoms with Gasteiger partial charge in [-0.25, -0.2) is 0 Å². The zero-order chi connectivity index (χ0) is 12.8. The fraction of sp³-hybridized carbons (Fsp3) is 0.455. The number of hydrogen-bond acceptors (Lipinski definition) is 4. The molecule has 17 heavy (non-hydrogen) atoms. The Labute approximate surface area is 109 Å². The maximum atomic E-state index is 11.5. The summed E-state index contributed by atoms with van der Waals surface area (Å²) in [6.45, 7) is 4.96. The largest absolute Gasteiger partial charge is 0.396 e. The summed E-state index contributed by atoms with van der Waals surface area (Å²) in [5.41, 5.74) is 6.95. The van der Waals surface area contributed by atoms with Crippen molar-refractivity contribution in [1.82, 2.24) is 10.3 Å².